The van der Waals surface area contributed by atoms with Crippen LogP contribution in [0.5, 0.6) is 0 Å². The van der Waals surface area contributed by atoms with Gasteiger partial charge in [-0.05, 0) is 120 Å². The molecule has 0 saturated carbocycles. The highest BCUT2D eigenvalue weighted by Gasteiger charge is 2.39. The number of nitrogens with one attached hydrogen (secondary N) is 1. The van der Waals surface area contributed by atoms with Gasteiger partial charge in [-0.3, -0.25) is 9.59 Å². The summed E-state index contributed by atoms with van der Waals surface area (Å²) >= 11 is 0. The summed E-state index contributed by atoms with van der Waals surface area (Å²) in [5.41, 5.74) is 2.52. The molecule has 4 fully saturated rings. The van der Waals surface area contributed by atoms with Gasteiger partial charge in [-0.25, -0.2) is 14.4 Å². The fourth-order valence-electron chi connectivity index (χ4n) is 7.25. The lowest BCUT2D eigenvalue weighted by Gasteiger charge is -2.37. The third kappa shape index (κ3) is 12.3. The predicted octanol–water partition coefficient (Wildman–Crippen LogP) is 5.80. The Balaban J connectivity index is 0.000000425. The number of carboxylic acids is 3. The Labute approximate surface area is 318 Å². The number of hydrogen-bond donors (Lipinski definition) is 4. The molecule has 13 nitrogen and oxygen atoms in total. The number of amides is 2. The normalized spacial score (nSPS) is 18.7. The van der Waals surface area contributed by atoms with E-state index in [9.17, 15) is 45.8 Å². The van der Waals surface area contributed by atoms with Crippen molar-refractivity contribution in [3.05, 3.63) is 59.2 Å². The average Bonchev–Trinajstić information content (AvgIpc) is 3.91. The summed E-state index contributed by atoms with van der Waals surface area (Å²) in [5, 5.41) is 26.9. The first kappa shape index (κ1) is 43.8. The Morgan fingerprint density at radius 1 is 0.554 bits per heavy atom. The van der Waals surface area contributed by atoms with E-state index in [0.717, 1.165) is 51.9 Å². The van der Waals surface area contributed by atoms with Crippen molar-refractivity contribution in [3.8, 4) is 0 Å². The molecular formula is C37H45F6N5O8. The molecule has 0 bridgehead atoms. The molecule has 4 heterocycles. The molecule has 308 valence electrons. The molecule has 56 heavy (non-hydrogen) atoms. The zero-order chi connectivity index (χ0) is 41.2. The minimum absolute atomic E-state index is 0.00965. The Morgan fingerprint density at radius 2 is 0.929 bits per heavy atom. The van der Waals surface area contributed by atoms with Gasteiger partial charge in [0.2, 0.25) is 0 Å². The lowest BCUT2D eigenvalue weighted by molar-refractivity contribution is -0.193. The molecule has 0 unspecified atom stereocenters. The van der Waals surface area contributed by atoms with Crippen molar-refractivity contribution >= 4 is 41.1 Å². The SMILES string of the molecule is O=C(O)C(F)(F)F.O=C(O)C(F)(F)F.O=C(O)c1ccc(Nc2cc(C(=O)N3CCC(N4CCCC4)CC3)ccc2C(=O)N2CCC(N3CCCC3)CC2)cc1. The van der Waals surface area contributed by atoms with Crippen LogP contribution < -0.4 is 5.32 Å². The van der Waals surface area contributed by atoms with Crippen molar-refractivity contribution in [3.63, 3.8) is 0 Å². The monoisotopic (exact) mass is 801 g/mol. The summed E-state index contributed by atoms with van der Waals surface area (Å²) in [5.74, 6) is -6.55. The number of aromatic carboxylic acids is 1. The molecule has 2 aromatic carbocycles. The van der Waals surface area contributed by atoms with Crippen LogP contribution in [0.4, 0.5) is 37.7 Å². The van der Waals surface area contributed by atoms with Crippen LogP contribution in [0.15, 0.2) is 42.5 Å². The van der Waals surface area contributed by atoms with Gasteiger partial charge in [0, 0.05) is 49.5 Å². The molecule has 0 aliphatic carbocycles. The van der Waals surface area contributed by atoms with E-state index in [2.05, 4.69) is 15.1 Å². The predicted molar refractivity (Wildman–Crippen MR) is 190 cm³/mol. The smallest absolute Gasteiger partial charge is 0.478 e. The van der Waals surface area contributed by atoms with Crippen molar-refractivity contribution < 1.29 is 65.6 Å². The molecule has 2 aromatic rings. The second-order valence-corrected chi connectivity index (χ2v) is 13.9. The number of rotatable bonds is 7. The van der Waals surface area contributed by atoms with Crippen LogP contribution >= 0.6 is 0 Å². The van der Waals surface area contributed by atoms with Crippen LogP contribution in [0.2, 0.25) is 0 Å². The van der Waals surface area contributed by atoms with Gasteiger partial charge in [0.1, 0.15) is 0 Å². The van der Waals surface area contributed by atoms with Gasteiger partial charge < -0.3 is 40.2 Å². The Hall–Kier alpha value is -4.91. The lowest BCUT2D eigenvalue weighted by Crippen LogP contribution is -2.46. The van der Waals surface area contributed by atoms with Gasteiger partial charge >= 0.3 is 30.3 Å². The number of piperidine rings is 2. The number of carbonyl (C=O) groups is 5. The number of likely N-dealkylation sites (tertiary alicyclic amines) is 4. The minimum Gasteiger partial charge on any atom is -0.478 e. The highest BCUT2D eigenvalue weighted by atomic mass is 19.4. The zero-order valence-electron chi connectivity index (χ0n) is 30.4. The fourth-order valence-corrected chi connectivity index (χ4v) is 7.25. The maximum Gasteiger partial charge on any atom is 0.490 e. The van der Waals surface area contributed by atoms with E-state index >= 15 is 0 Å². The third-order valence-electron chi connectivity index (χ3n) is 10.2. The van der Waals surface area contributed by atoms with Gasteiger partial charge in [-0.1, -0.05) is 0 Å². The number of anilines is 2. The van der Waals surface area contributed by atoms with Crippen LogP contribution in [-0.4, -0.2) is 141 Å². The Bertz CT molecular complexity index is 1660. The molecular weight excluding hydrogens is 756 g/mol. The Morgan fingerprint density at radius 3 is 1.30 bits per heavy atom. The first-order valence-corrected chi connectivity index (χ1v) is 18.3. The zero-order valence-corrected chi connectivity index (χ0v) is 30.4. The standard InChI is InChI=1S/C33H43N5O4.2C2HF3O2/c39-31(37-19-11-27(12-20-37)35-15-1-2-16-35)25-7-10-29(30(23-25)34-26-8-5-24(6-9-26)33(41)42)32(40)38-21-13-28(14-22-38)36-17-3-4-18-36;2*3-2(4,5)1(6)7/h5-10,23,27-28,34H,1-4,11-22H2,(H,41,42);2*(H,6,7). The van der Waals surface area contributed by atoms with Crippen molar-refractivity contribution in [2.24, 2.45) is 0 Å². The summed E-state index contributed by atoms with van der Waals surface area (Å²) < 4.78 is 63.5. The van der Waals surface area contributed by atoms with Crippen LogP contribution in [0, 0.1) is 0 Å². The lowest BCUT2D eigenvalue weighted by atomic mass is 10.00. The van der Waals surface area contributed by atoms with Crippen LogP contribution in [0.3, 0.4) is 0 Å². The molecule has 19 heteroatoms. The number of carboxylic acid groups (broad SMARTS) is 3. The van der Waals surface area contributed by atoms with Crippen LogP contribution in [0.25, 0.3) is 0 Å². The summed E-state index contributed by atoms with van der Waals surface area (Å²) in [7, 11) is 0. The summed E-state index contributed by atoms with van der Waals surface area (Å²) in [6.07, 6.45) is -1.13. The number of alkyl halides is 6. The van der Waals surface area contributed by atoms with E-state index in [1.165, 1.54) is 64.0 Å². The molecule has 0 aromatic heterocycles. The molecule has 0 atom stereocenters. The molecule has 4 N–H and O–H groups in total. The summed E-state index contributed by atoms with van der Waals surface area (Å²) in [6, 6.07) is 12.9. The number of halogens is 6. The number of carbonyl (C=O) groups excluding carboxylic acids is 2. The topological polar surface area (TPSA) is 171 Å². The van der Waals surface area contributed by atoms with E-state index in [0.29, 0.717) is 34.6 Å². The Kier molecular flexibility index (Phi) is 15.1. The molecule has 0 spiro atoms. The van der Waals surface area contributed by atoms with Gasteiger partial charge in [0.25, 0.3) is 11.8 Å². The first-order chi connectivity index (χ1) is 26.3. The maximum absolute atomic E-state index is 13.8. The van der Waals surface area contributed by atoms with Gasteiger partial charge in [-0.2, -0.15) is 26.3 Å². The van der Waals surface area contributed by atoms with Gasteiger partial charge in [-0.15, -0.1) is 0 Å². The van der Waals surface area contributed by atoms with Crippen molar-refractivity contribution in [2.75, 3.05) is 57.7 Å². The van der Waals surface area contributed by atoms with Crippen molar-refractivity contribution in [2.45, 2.75) is 75.8 Å². The summed E-state index contributed by atoms with van der Waals surface area (Å²) in [4.78, 5) is 65.6. The summed E-state index contributed by atoms with van der Waals surface area (Å²) in [6.45, 7) is 7.60. The minimum atomic E-state index is -5.08. The van der Waals surface area contributed by atoms with E-state index < -0.39 is 30.3 Å². The van der Waals surface area contributed by atoms with Gasteiger partial charge in [0.15, 0.2) is 0 Å². The van der Waals surface area contributed by atoms with Crippen LogP contribution in [0.1, 0.15) is 82.4 Å². The third-order valence-corrected chi connectivity index (χ3v) is 10.2. The average molecular weight is 802 g/mol. The van der Waals surface area contributed by atoms with E-state index in [1.54, 1.807) is 30.3 Å². The first-order valence-electron chi connectivity index (χ1n) is 18.3. The van der Waals surface area contributed by atoms with Crippen molar-refractivity contribution in [1.29, 1.82) is 0 Å². The molecule has 6 rings (SSSR count). The number of benzene rings is 2. The molecule has 4 saturated heterocycles. The van der Waals surface area contributed by atoms with E-state index in [-0.39, 0.29) is 17.4 Å². The second-order valence-electron chi connectivity index (χ2n) is 13.9. The number of hydrogen-bond acceptors (Lipinski definition) is 8. The maximum atomic E-state index is 13.8. The second kappa shape index (κ2) is 19.3. The quantitative estimate of drug-likeness (QED) is 0.250. The largest absolute Gasteiger partial charge is 0.490 e. The van der Waals surface area contributed by atoms with E-state index in [1.807, 2.05) is 9.80 Å². The van der Waals surface area contributed by atoms with Crippen molar-refractivity contribution in [1.82, 2.24) is 19.6 Å². The highest BCUT2D eigenvalue weighted by molar-refractivity contribution is 6.03. The fraction of sp³-hybridized carbons (Fsp3) is 0.541. The number of nitrogens with zero attached hydrogens (tertiary/aromatic N) is 4. The molecule has 4 aliphatic rings. The molecule has 2 amide bonds. The molecule has 0 radical (unpaired) electrons. The van der Waals surface area contributed by atoms with Gasteiger partial charge in [0.05, 0.1) is 16.8 Å². The molecule has 4 aliphatic heterocycles. The number of aliphatic carboxylic acids is 2. The highest BCUT2D eigenvalue weighted by Crippen LogP contribution is 2.29. The van der Waals surface area contributed by atoms with Crippen LogP contribution in [-0.2, 0) is 9.59 Å². The van der Waals surface area contributed by atoms with E-state index in [4.69, 9.17) is 19.8 Å².